The first-order valence-corrected chi connectivity index (χ1v) is 6.03. The van der Waals surface area contributed by atoms with E-state index in [-0.39, 0.29) is 12.4 Å². The second-order valence-corrected chi connectivity index (χ2v) is 4.62. The van der Waals surface area contributed by atoms with Crippen molar-refractivity contribution in [1.82, 2.24) is 9.55 Å². The topological polar surface area (TPSA) is 146 Å². The lowest BCUT2D eigenvalue weighted by atomic mass is 9.96. The van der Waals surface area contributed by atoms with Crippen LogP contribution in [-0.2, 0) is 9.47 Å². The Balaban J connectivity index is 2.43. The van der Waals surface area contributed by atoms with Gasteiger partial charge in [-0.2, -0.15) is 4.98 Å². The van der Waals surface area contributed by atoms with Crippen molar-refractivity contribution < 1.29 is 19.7 Å². The molecule has 2 heterocycles. The van der Waals surface area contributed by atoms with E-state index in [4.69, 9.17) is 20.9 Å². The summed E-state index contributed by atoms with van der Waals surface area (Å²) in [5.74, 6) is 0.0750. The number of aromatic nitrogens is 2. The number of nitrogens with zero attached hydrogens (tertiary/aromatic N) is 2. The quantitative estimate of drug-likeness (QED) is 0.472. The summed E-state index contributed by atoms with van der Waals surface area (Å²) < 4.78 is 11.9. The van der Waals surface area contributed by atoms with E-state index in [2.05, 4.69) is 4.98 Å². The standard InChI is InChI=1S/C11H18N4O5/c1-19-7-8(17)11(4-12,5-16)20-9(7)15-3-2-6(13)14-10(15)18/h2-3,7-9,16-17H,4-5,12H2,1H3,(H2,13,14,18)/t7-,8+,9-,11-/m1/s1. The molecule has 0 spiro atoms. The SMILES string of the molecule is CO[C@H]1[C@H](n2ccc(N)nc2=O)O[C@](CN)(CO)[C@H]1O. The Morgan fingerprint density at radius 3 is 2.85 bits per heavy atom. The van der Waals surface area contributed by atoms with E-state index >= 15 is 0 Å². The highest BCUT2D eigenvalue weighted by atomic mass is 16.6. The molecule has 1 aromatic rings. The van der Waals surface area contributed by atoms with Crippen molar-refractivity contribution in [2.45, 2.75) is 24.0 Å². The molecule has 4 atom stereocenters. The molecular formula is C11H18N4O5. The summed E-state index contributed by atoms with van der Waals surface area (Å²) in [4.78, 5) is 15.4. The molecule has 6 N–H and O–H groups in total. The van der Waals surface area contributed by atoms with Crippen molar-refractivity contribution in [1.29, 1.82) is 0 Å². The summed E-state index contributed by atoms with van der Waals surface area (Å²) in [5.41, 5.74) is 8.96. The van der Waals surface area contributed by atoms with Gasteiger partial charge in [0.1, 0.15) is 23.6 Å². The Morgan fingerprint density at radius 2 is 2.35 bits per heavy atom. The smallest absolute Gasteiger partial charge is 0.351 e. The lowest BCUT2D eigenvalue weighted by Crippen LogP contribution is -2.52. The van der Waals surface area contributed by atoms with Gasteiger partial charge in [-0.1, -0.05) is 0 Å². The number of ether oxygens (including phenoxy) is 2. The third kappa shape index (κ3) is 2.19. The highest BCUT2D eigenvalue weighted by Gasteiger charge is 2.55. The third-order valence-corrected chi connectivity index (χ3v) is 3.50. The fourth-order valence-corrected chi connectivity index (χ4v) is 2.28. The first-order chi connectivity index (χ1) is 9.49. The first kappa shape index (κ1) is 14.9. The highest BCUT2D eigenvalue weighted by Crippen LogP contribution is 2.37. The number of hydrogen-bond acceptors (Lipinski definition) is 8. The molecule has 0 unspecified atom stereocenters. The van der Waals surface area contributed by atoms with Gasteiger partial charge in [-0.25, -0.2) is 4.79 Å². The van der Waals surface area contributed by atoms with Crippen LogP contribution >= 0.6 is 0 Å². The van der Waals surface area contributed by atoms with Crippen LogP contribution in [0.15, 0.2) is 17.1 Å². The Hall–Kier alpha value is -1.52. The van der Waals surface area contributed by atoms with Crippen molar-refractivity contribution in [3.8, 4) is 0 Å². The van der Waals surface area contributed by atoms with E-state index in [9.17, 15) is 15.0 Å². The molecule has 20 heavy (non-hydrogen) atoms. The summed E-state index contributed by atoms with van der Waals surface area (Å²) in [6.07, 6.45) is -1.62. The Labute approximate surface area is 114 Å². The zero-order valence-corrected chi connectivity index (χ0v) is 11.0. The van der Waals surface area contributed by atoms with Crippen LogP contribution in [0.2, 0.25) is 0 Å². The van der Waals surface area contributed by atoms with E-state index < -0.39 is 36.3 Å². The Bertz CT molecular complexity index is 530. The average molecular weight is 286 g/mol. The number of aliphatic hydroxyl groups is 2. The summed E-state index contributed by atoms with van der Waals surface area (Å²) in [5, 5.41) is 19.7. The maximum Gasteiger partial charge on any atom is 0.351 e. The van der Waals surface area contributed by atoms with Crippen molar-refractivity contribution >= 4 is 5.82 Å². The van der Waals surface area contributed by atoms with Gasteiger partial charge in [0, 0.05) is 19.9 Å². The fraction of sp³-hybridized carbons (Fsp3) is 0.636. The average Bonchev–Trinajstić information content (AvgIpc) is 2.71. The van der Waals surface area contributed by atoms with Gasteiger partial charge in [-0.3, -0.25) is 4.57 Å². The molecule has 1 aliphatic heterocycles. The van der Waals surface area contributed by atoms with Gasteiger partial charge in [0.15, 0.2) is 6.23 Å². The van der Waals surface area contributed by atoms with Gasteiger partial charge >= 0.3 is 5.69 Å². The van der Waals surface area contributed by atoms with Crippen LogP contribution in [0.1, 0.15) is 6.23 Å². The molecule has 0 radical (unpaired) electrons. The predicted molar refractivity (Wildman–Crippen MR) is 68.7 cm³/mol. The molecule has 0 saturated carbocycles. The summed E-state index contributed by atoms with van der Waals surface area (Å²) >= 11 is 0. The number of nitrogen functional groups attached to an aromatic ring is 1. The molecule has 0 aliphatic carbocycles. The molecule has 1 fully saturated rings. The number of methoxy groups -OCH3 is 1. The van der Waals surface area contributed by atoms with Crippen LogP contribution < -0.4 is 17.2 Å². The van der Waals surface area contributed by atoms with Crippen molar-refractivity contribution in [2.75, 3.05) is 26.0 Å². The van der Waals surface area contributed by atoms with Gasteiger partial charge in [0.05, 0.1) is 6.61 Å². The normalized spacial score (nSPS) is 33.5. The highest BCUT2D eigenvalue weighted by molar-refractivity contribution is 5.23. The van der Waals surface area contributed by atoms with Gasteiger partial charge in [0.25, 0.3) is 0 Å². The maximum absolute atomic E-state index is 11.8. The zero-order valence-electron chi connectivity index (χ0n) is 11.0. The molecular weight excluding hydrogens is 268 g/mol. The Morgan fingerprint density at radius 1 is 1.65 bits per heavy atom. The molecule has 0 amide bonds. The van der Waals surface area contributed by atoms with Gasteiger partial charge in [-0.05, 0) is 6.07 Å². The number of aliphatic hydroxyl groups excluding tert-OH is 2. The Kier molecular flexibility index (Phi) is 4.06. The van der Waals surface area contributed by atoms with Crippen LogP contribution in [-0.4, -0.2) is 57.8 Å². The van der Waals surface area contributed by atoms with Crippen LogP contribution in [0.25, 0.3) is 0 Å². The van der Waals surface area contributed by atoms with Crippen LogP contribution in [0.5, 0.6) is 0 Å². The zero-order chi connectivity index (χ0) is 14.9. The molecule has 1 aromatic heterocycles. The molecule has 9 nitrogen and oxygen atoms in total. The van der Waals surface area contributed by atoms with Gasteiger partial charge < -0.3 is 31.2 Å². The first-order valence-electron chi connectivity index (χ1n) is 6.03. The monoisotopic (exact) mass is 286 g/mol. The minimum absolute atomic E-state index is 0.0750. The fourth-order valence-electron chi connectivity index (χ4n) is 2.28. The van der Waals surface area contributed by atoms with Crippen molar-refractivity contribution in [2.24, 2.45) is 5.73 Å². The van der Waals surface area contributed by atoms with Crippen molar-refractivity contribution in [3.05, 3.63) is 22.7 Å². The molecule has 1 saturated heterocycles. The lowest BCUT2D eigenvalue weighted by molar-refractivity contribution is -0.123. The molecule has 0 aromatic carbocycles. The largest absolute Gasteiger partial charge is 0.393 e. The molecule has 112 valence electrons. The summed E-state index contributed by atoms with van der Waals surface area (Å²) in [6.45, 7) is -0.629. The van der Waals surface area contributed by atoms with E-state index in [1.807, 2.05) is 0 Å². The predicted octanol–water partition coefficient (Wildman–Crippen LogP) is -2.58. The molecule has 9 heteroatoms. The number of nitrogens with two attached hydrogens (primary N) is 2. The second-order valence-electron chi connectivity index (χ2n) is 4.62. The third-order valence-electron chi connectivity index (χ3n) is 3.50. The minimum atomic E-state index is -1.38. The second kappa shape index (κ2) is 5.46. The number of hydrogen-bond donors (Lipinski definition) is 4. The lowest BCUT2D eigenvalue weighted by Gasteiger charge is -2.28. The molecule has 1 aliphatic rings. The van der Waals surface area contributed by atoms with Gasteiger partial charge in [0.2, 0.25) is 0 Å². The number of rotatable bonds is 4. The van der Waals surface area contributed by atoms with E-state index in [0.29, 0.717) is 0 Å². The number of anilines is 1. The summed E-state index contributed by atoms with van der Waals surface area (Å²) in [6, 6.07) is 1.42. The van der Waals surface area contributed by atoms with E-state index in [1.54, 1.807) is 0 Å². The van der Waals surface area contributed by atoms with Crippen LogP contribution in [0.4, 0.5) is 5.82 Å². The molecule has 2 rings (SSSR count). The minimum Gasteiger partial charge on any atom is -0.393 e. The maximum atomic E-state index is 11.8. The van der Waals surface area contributed by atoms with E-state index in [1.165, 1.54) is 19.4 Å². The molecule has 0 bridgehead atoms. The van der Waals surface area contributed by atoms with Gasteiger partial charge in [-0.15, -0.1) is 0 Å². The van der Waals surface area contributed by atoms with Crippen LogP contribution in [0.3, 0.4) is 0 Å². The van der Waals surface area contributed by atoms with Crippen molar-refractivity contribution in [3.63, 3.8) is 0 Å². The summed E-state index contributed by atoms with van der Waals surface area (Å²) in [7, 11) is 1.37. The van der Waals surface area contributed by atoms with E-state index in [0.717, 1.165) is 4.57 Å². The van der Waals surface area contributed by atoms with Crippen LogP contribution in [0, 0.1) is 0 Å².